The maximum absolute atomic E-state index is 14.2. The average Bonchev–Trinajstić information content (AvgIpc) is 1.63. The van der Waals surface area contributed by atoms with E-state index in [-0.39, 0.29) is 121 Å². The van der Waals surface area contributed by atoms with Gasteiger partial charge in [-0.25, -0.2) is 14.8 Å². The number of nitrogens with zero attached hydrogens (tertiary/aromatic N) is 18. The van der Waals surface area contributed by atoms with Gasteiger partial charge in [0.2, 0.25) is 23.6 Å². The second kappa shape index (κ2) is 46.9. The Morgan fingerprint density at radius 2 is 0.950 bits per heavy atom. The van der Waals surface area contributed by atoms with Gasteiger partial charge in [0.05, 0.1) is 93.3 Å². The molecule has 734 valence electrons. The number of nitrogens with one attached hydrogen (secondary N) is 2. The quantitative estimate of drug-likeness (QED) is 0.0159. The Morgan fingerprint density at radius 1 is 0.536 bits per heavy atom. The highest BCUT2D eigenvalue weighted by Crippen LogP contribution is 2.39. The number of nitrogen functional groups attached to an aromatic ring is 2. The minimum absolute atomic E-state index is 0.0417. The minimum Gasteiger partial charge on any atom is -0.507 e. The number of aliphatic hydroxyl groups excluding tert-OH is 2. The van der Waals surface area contributed by atoms with Crippen LogP contribution in [0.25, 0.3) is 65.6 Å². The fourth-order valence-electron chi connectivity index (χ4n) is 16.9. The van der Waals surface area contributed by atoms with Crippen LogP contribution in [0.5, 0.6) is 23.3 Å². The molecule has 39 heteroatoms. The van der Waals surface area contributed by atoms with E-state index in [1.54, 1.807) is 104 Å². The monoisotopic (exact) mass is 1940 g/mol. The molecule has 0 spiro atoms. The van der Waals surface area contributed by atoms with E-state index in [4.69, 9.17) is 34.7 Å². The first-order valence-electron chi connectivity index (χ1n) is 46.5. The fourth-order valence-corrected chi connectivity index (χ4v) is 18.5. The normalized spacial score (nSPS) is 17.1. The third kappa shape index (κ3) is 26.2. The molecule has 5 amide bonds. The van der Waals surface area contributed by atoms with Crippen LogP contribution in [0.3, 0.4) is 0 Å². The minimum atomic E-state index is -0.831. The highest BCUT2D eigenvalue weighted by Gasteiger charge is 2.46. The largest absolute Gasteiger partial charge is 0.507 e. The lowest BCUT2D eigenvalue weighted by molar-refractivity contribution is -0.141. The van der Waals surface area contributed by atoms with Gasteiger partial charge in [-0.2, -0.15) is 10.2 Å². The average molecular weight is 1940 g/mol. The van der Waals surface area contributed by atoms with E-state index in [2.05, 4.69) is 99.9 Å². The topological polar surface area (TPSA) is 472 Å². The van der Waals surface area contributed by atoms with E-state index in [1.165, 1.54) is 15.9 Å². The number of aldehydes is 1. The maximum Gasteiger partial charge on any atom is 0.410 e. The lowest BCUT2D eigenvalue weighted by Gasteiger charge is -2.34. The van der Waals surface area contributed by atoms with E-state index in [0.717, 1.165) is 93.8 Å². The van der Waals surface area contributed by atoms with E-state index in [1.807, 2.05) is 160 Å². The van der Waals surface area contributed by atoms with Crippen molar-refractivity contribution in [1.29, 1.82) is 0 Å². The molecule has 0 saturated carbocycles. The molecule has 37 nitrogen and oxygen atoms in total. The molecule has 12 heterocycles. The number of amides is 5. The summed E-state index contributed by atoms with van der Waals surface area (Å²) in [4.78, 5) is 99.9. The van der Waals surface area contributed by atoms with Crippen LogP contribution in [-0.2, 0) is 41.8 Å². The van der Waals surface area contributed by atoms with E-state index < -0.39 is 41.7 Å². The van der Waals surface area contributed by atoms with Crippen LogP contribution in [-0.4, -0.2) is 274 Å². The summed E-state index contributed by atoms with van der Waals surface area (Å²) < 4.78 is 31.1. The van der Waals surface area contributed by atoms with Crippen molar-refractivity contribution < 1.29 is 72.5 Å². The number of para-hydroxylation sites is 2. The number of nitrogens with two attached hydrogens (primary N) is 2. The third-order valence-electron chi connectivity index (χ3n) is 24.5. The number of phenols is 2. The lowest BCUT2D eigenvalue weighted by Crippen LogP contribution is -2.50. The maximum atomic E-state index is 14.2. The molecule has 16 rings (SSSR count). The van der Waals surface area contributed by atoms with E-state index in [9.17, 15) is 49.2 Å². The summed E-state index contributed by atoms with van der Waals surface area (Å²) in [6, 6.07) is 34.3. The van der Waals surface area contributed by atoms with E-state index in [0.29, 0.717) is 104 Å². The molecule has 140 heavy (non-hydrogen) atoms. The Kier molecular flexibility index (Phi) is 34.0. The summed E-state index contributed by atoms with van der Waals surface area (Å²) in [6.07, 6.45) is 6.11. The van der Waals surface area contributed by atoms with E-state index >= 15 is 0 Å². The number of hydrogen-bond acceptors (Lipinski definition) is 32. The first-order valence-corrected chi connectivity index (χ1v) is 48.2. The predicted octanol–water partition coefficient (Wildman–Crippen LogP) is 11.1. The zero-order valence-electron chi connectivity index (χ0n) is 80.1. The van der Waals surface area contributed by atoms with Gasteiger partial charge in [-0.1, -0.05) is 124 Å². The van der Waals surface area contributed by atoms with Gasteiger partial charge in [0.25, 0.3) is 11.8 Å². The number of carbonyl (C=O) groups is 6. The van der Waals surface area contributed by atoms with Gasteiger partial charge >= 0.3 is 6.09 Å². The highest BCUT2D eigenvalue weighted by atomic mass is 32.1. The standard InChI is InChI=1S/C48H55N11O6S.C27H32N4O6S.C26H31N7O3/c1-30(2)44(48(63)59-28-36(60)23-40(59)47(62)52-31(3)33-11-13-34(14-12-33)45-32(4)50-29-66-45)42-25-43(55-65-42)64-22-21-57-19-17-56(18-20-57)15-7-8-16-58-27-35(26-51-58)38-24-39(53-54-46(38)49)37-9-5-6-10-41(37)61;1-15(2)24(22-12-23(30-37-22)36-10-9-32)27(35)31-13-20(33)11-21(31)26(34)29-16(3)18-5-7-19(8-6-18)25-17(4)28-14-38-25;1-26(2,3)36-25(35)32-14-12-31(13-15-32)10-6-7-11-33-18-19(17-28-33)21-16-22(29-30-24(21)27)20-8-4-5-9-23(20)34/h5-6,9-14,24-27,29-31,36,40,44,60-61H,15-23,28H2,1-4H3,(H2,49,54)(H,52,62);5-9,12,14-16,20-21,24,33H,10-11,13H2,1-4H3,(H,29,34);4-5,8-9,16-18,34H,10-15H2,1-3H3,(H2,27,30)/t31-,36+,40-,44+;16-,20+,21-,24+;/m00./s1. The van der Waals surface area contributed by atoms with Crippen LogP contribution in [0.2, 0.25) is 0 Å². The van der Waals surface area contributed by atoms with Gasteiger partial charge < -0.3 is 80.5 Å². The number of rotatable bonds is 29. The molecule has 4 saturated heterocycles. The van der Waals surface area contributed by atoms with Crippen molar-refractivity contribution in [3.05, 3.63) is 191 Å². The fraction of sp³-hybridized carbons (Fsp3) is 0.406. The number of β-amino-alcohol motifs (C(OH)–C–C–N with tert-alkyl or cyclic N) is 2. The molecule has 10 N–H and O–H groups in total. The highest BCUT2D eigenvalue weighted by molar-refractivity contribution is 7.13. The van der Waals surface area contributed by atoms with Crippen LogP contribution >= 0.6 is 22.7 Å². The second-order valence-corrected chi connectivity index (χ2v) is 38.2. The number of anilines is 2. The summed E-state index contributed by atoms with van der Waals surface area (Å²) in [5.41, 5.74) is 26.4. The number of piperazine rings is 2. The first-order chi connectivity index (χ1) is 67.3. The molecule has 12 aromatic rings. The van der Waals surface area contributed by atoms with Crippen LogP contribution < -0.4 is 31.6 Å². The summed E-state index contributed by atoms with van der Waals surface area (Å²) in [5.74, 6) is 11.5. The number of thiazole rings is 2. The number of aromatic hydroxyl groups is 2. The number of carbonyl (C=O) groups excluding carboxylic acids is 6. The second-order valence-electron chi connectivity index (χ2n) is 36.4. The number of aliphatic hydroxyl groups is 2. The van der Waals surface area contributed by atoms with Gasteiger partial charge in [-0.15, -0.1) is 43.1 Å². The lowest BCUT2D eigenvalue weighted by atomic mass is 9.91. The summed E-state index contributed by atoms with van der Waals surface area (Å²) in [5, 5.41) is 80.7. The molecule has 8 atom stereocenters. The van der Waals surface area contributed by atoms with Gasteiger partial charge in [-0.05, 0) is 129 Å². The zero-order chi connectivity index (χ0) is 99.4. The van der Waals surface area contributed by atoms with Gasteiger partial charge in [-0.3, -0.25) is 48.0 Å². The molecule has 4 aromatic carbocycles. The van der Waals surface area contributed by atoms with Crippen molar-refractivity contribution in [2.45, 2.75) is 156 Å². The number of aryl methyl sites for hydroxylation is 2. The molecule has 4 aliphatic heterocycles. The van der Waals surface area contributed by atoms with Crippen molar-refractivity contribution in [3.63, 3.8) is 0 Å². The molecular formula is C101H118N22O15S2. The zero-order valence-corrected chi connectivity index (χ0v) is 81.7. The van der Waals surface area contributed by atoms with Gasteiger partial charge in [0.15, 0.2) is 29.4 Å². The van der Waals surface area contributed by atoms with Crippen LogP contribution in [0, 0.1) is 49.4 Å². The molecule has 4 fully saturated rings. The molecule has 0 unspecified atom stereocenters. The van der Waals surface area contributed by atoms with Gasteiger partial charge in [0, 0.05) is 143 Å². The molecular weight excluding hydrogens is 1830 g/mol. The Morgan fingerprint density at radius 3 is 1.36 bits per heavy atom. The van der Waals surface area contributed by atoms with Gasteiger partial charge in [0.1, 0.15) is 67.3 Å². The Hall–Kier alpha value is -14.3. The van der Waals surface area contributed by atoms with Crippen LogP contribution in [0.4, 0.5) is 16.4 Å². The summed E-state index contributed by atoms with van der Waals surface area (Å²) >= 11 is 3.17. The molecule has 4 aliphatic rings. The Labute approximate surface area is 819 Å². The Balaban J connectivity index is 0.000000180. The molecule has 0 radical (unpaired) electrons. The number of hydrogen-bond donors (Lipinski definition) is 8. The first kappa shape index (κ1) is 102. The SMILES string of the molecule is CC(C)(C)OC(=O)N1CCN(CC#CCn2cc(-c3cc(-c4ccccc4O)nnc3N)cn2)CC1.Cc1ncsc1-c1ccc([C@H](C)NC(=O)[C@@H]2C[C@@H](O)CN2C(=O)[C@@H](c2cc(OCC=O)no2)C(C)C)cc1.Cc1ncsc1-c1ccc([C@H](C)NC(=O)[C@@H]2C[C@@H](O)CN2C(=O)[C@@H](c2cc(OCCN3CCN(CC#CCn4cc(-c5cc(-c6ccccc6O)nnc5N)cn4)CC3)no2)C(C)C)cc1. The summed E-state index contributed by atoms with van der Waals surface area (Å²) in [7, 11) is 0. The molecule has 0 aliphatic carbocycles. The van der Waals surface area contributed by atoms with Crippen LogP contribution in [0.15, 0.2) is 166 Å². The van der Waals surface area contributed by atoms with Crippen molar-refractivity contribution in [2.24, 2.45) is 11.8 Å². The van der Waals surface area contributed by atoms with Crippen molar-refractivity contribution in [2.75, 3.05) is 110 Å². The molecule has 8 aromatic heterocycles. The van der Waals surface area contributed by atoms with Crippen molar-refractivity contribution in [3.8, 4) is 113 Å². The Bertz CT molecular complexity index is 6390. The van der Waals surface area contributed by atoms with Crippen LogP contribution in [0.1, 0.15) is 133 Å². The molecule has 0 bridgehead atoms. The predicted molar refractivity (Wildman–Crippen MR) is 527 cm³/mol. The third-order valence-corrected chi connectivity index (χ3v) is 26.4. The number of phenolic OH excluding ortho intramolecular Hbond substituents is 2. The number of ether oxygens (including phenoxy) is 3. The summed E-state index contributed by atoms with van der Waals surface area (Å²) in [6.45, 7) is 30.3. The van der Waals surface area contributed by atoms with Crippen molar-refractivity contribution >= 4 is 70.3 Å². The number of aromatic nitrogens is 12. The smallest absolute Gasteiger partial charge is 0.410 e. The van der Waals surface area contributed by atoms with Crippen molar-refractivity contribution in [1.82, 2.24) is 100 Å². The number of likely N-dealkylation sites (tertiary alicyclic amines) is 2. The number of benzene rings is 4.